The van der Waals surface area contributed by atoms with Crippen molar-refractivity contribution in [2.24, 2.45) is 0 Å². The Morgan fingerprint density at radius 2 is 2.14 bits per heavy atom. The molecule has 0 spiro atoms. The highest BCUT2D eigenvalue weighted by Crippen LogP contribution is 2.25. The number of thioether (sulfide) groups is 1. The highest BCUT2D eigenvalue weighted by atomic mass is 79.9. The minimum atomic E-state index is -0.0110. The summed E-state index contributed by atoms with van der Waals surface area (Å²) in [6.45, 7) is 0.683. The van der Waals surface area contributed by atoms with Crippen LogP contribution in [0.2, 0.25) is 0 Å². The predicted octanol–water partition coefficient (Wildman–Crippen LogP) is 4.24. The summed E-state index contributed by atoms with van der Waals surface area (Å²) in [5.41, 5.74) is 1.74. The summed E-state index contributed by atoms with van der Waals surface area (Å²) >= 11 is 7.05. The number of nitrogens with one attached hydrogen (secondary N) is 1. The summed E-state index contributed by atoms with van der Waals surface area (Å²) in [5, 5.41) is 2.97. The van der Waals surface area contributed by atoms with E-state index in [1.165, 1.54) is 4.88 Å². The first-order chi connectivity index (χ1) is 10.6. The van der Waals surface area contributed by atoms with Gasteiger partial charge < -0.3 is 10.2 Å². The molecule has 3 nitrogen and oxygen atoms in total. The quantitative estimate of drug-likeness (QED) is 0.707. The fraction of sp³-hybridized carbons (Fsp3) is 0.312. The van der Waals surface area contributed by atoms with Gasteiger partial charge in [-0.05, 0) is 46.3 Å². The summed E-state index contributed by atoms with van der Waals surface area (Å²) < 4.78 is 1.16. The number of nitrogens with zero attached hydrogens (tertiary/aromatic N) is 1. The van der Waals surface area contributed by atoms with Gasteiger partial charge in [0.15, 0.2) is 0 Å². The van der Waals surface area contributed by atoms with Gasteiger partial charge >= 0.3 is 0 Å². The van der Waals surface area contributed by atoms with E-state index in [1.807, 2.05) is 55.0 Å². The summed E-state index contributed by atoms with van der Waals surface area (Å²) in [7, 11) is 3.94. The molecule has 0 saturated carbocycles. The molecule has 0 unspecified atom stereocenters. The van der Waals surface area contributed by atoms with E-state index in [9.17, 15) is 4.79 Å². The molecule has 0 aliphatic rings. The first-order valence-corrected chi connectivity index (χ1v) is 9.70. The summed E-state index contributed by atoms with van der Waals surface area (Å²) in [4.78, 5) is 15.5. The number of carbonyl (C=O) groups excluding carboxylic acids is 1. The van der Waals surface area contributed by atoms with Crippen LogP contribution in [-0.2, 0) is 5.75 Å². The normalized spacial score (nSPS) is 10.5. The van der Waals surface area contributed by atoms with Gasteiger partial charge in [-0.15, -0.1) is 11.3 Å². The third-order valence-electron chi connectivity index (χ3n) is 3.03. The molecule has 0 atom stereocenters. The summed E-state index contributed by atoms with van der Waals surface area (Å²) in [5.74, 6) is 1.89. The first-order valence-electron chi connectivity index (χ1n) is 6.94. The average Bonchev–Trinajstić information content (AvgIpc) is 2.92. The Kier molecular flexibility index (Phi) is 6.79. The molecule has 1 heterocycles. The van der Waals surface area contributed by atoms with Crippen molar-refractivity contribution in [2.75, 3.05) is 31.3 Å². The van der Waals surface area contributed by atoms with Crippen LogP contribution in [-0.4, -0.2) is 32.3 Å². The SMILES string of the molecule is CN(C)c1cccc(C(=O)NCCSCc2ccc(Br)s2)c1. The number of hydrogen-bond acceptors (Lipinski definition) is 4. The summed E-state index contributed by atoms with van der Waals surface area (Å²) in [6, 6.07) is 11.9. The lowest BCUT2D eigenvalue weighted by atomic mass is 10.2. The molecule has 6 heteroatoms. The van der Waals surface area contributed by atoms with E-state index in [4.69, 9.17) is 0 Å². The van der Waals surface area contributed by atoms with Crippen molar-refractivity contribution < 1.29 is 4.79 Å². The lowest BCUT2D eigenvalue weighted by Crippen LogP contribution is -2.26. The number of halogens is 1. The van der Waals surface area contributed by atoms with E-state index in [0.717, 1.165) is 21.0 Å². The van der Waals surface area contributed by atoms with Crippen LogP contribution in [0.3, 0.4) is 0 Å². The average molecular weight is 399 g/mol. The van der Waals surface area contributed by atoms with E-state index in [0.29, 0.717) is 12.1 Å². The van der Waals surface area contributed by atoms with Crippen LogP contribution in [0.4, 0.5) is 5.69 Å². The molecule has 0 fully saturated rings. The van der Waals surface area contributed by atoms with Gasteiger partial charge in [0.25, 0.3) is 5.91 Å². The molecule has 1 N–H and O–H groups in total. The zero-order valence-corrected chi connectivity index (χ0v) is 15.9. The number of hydrogen-bond donors (Lipinski definition) is 1. The second kappa shape index (κ2) is 8.60. The third-order valence-corrected chi connectivity index (χ3v) is 5.84. The monoisotopic (exact) mass is 398 g/mol. The lowest BCUT2D eigenvalue weighted by Gasteiger charge is -2.13. The molecular formula is C16H19BrN2OS2. The Hall–Kier alpha value is -0.980. The Labute approximate surface area is 148 Å². The van der Waals surface area contributed by atoms with Crippen LogP contribution in [0.1, 0.15) is 15.2 Å². The fourth-order valence-electron chi connectivity index (χ4n) is 1.87. The molecule has 1 amide bonds. The van der Waals surface area contributed by atoms with Gasteiger partial charge in [-0.2, -0.15) is 11.8 Å². The molecule has 0 radical (unpaired) electrons. The van der Waals surface area contributed by atoms with Crippen molar-refractivity contribution in [3.05, 3.63) is 50.6 Å². The Bertz CT molecular complexity index is 628. The second-order valence-electron chi connectivity index (χ2n) is 4.96. The maximum absolute atomic E-state index is 12.1. The molecule has 22 heavy (non-hydrogen) atoms. The van der Waals surface area contributed by atoms with E-state index >= 15 is 0 Å². The van der Waals surface area contributed by atoms with Gasteiger partial charge in [0, 0.05) is 48.3 Å². The van der Waals surface area contributed by atoms with Gasteiger partial charge in [-0.25, -0.2) is 0 Å². The zero-order chi connectivity index (χ0) is 15.9. The topological polar surface area (TPSA) is 32.3 Å². The molecule has 0 aliphatic heterocycles. The molecule has 1 aromatic heterocycles. The van der Waals surface area contributed by atoms with Gasteiger partial charge in [-0.1, -0.05) is 6.07 Å². The minimum Gasteiger partial charge on any atom is -0.378 e. The smallest absolute Gasteiger partial charge is 0.251 e. The van der Waals surface area contributed by atoms with Crippen molar-refractivity contribution in [3.8, 4) is 0 Å². The maximum Gasteiger partial charge on any atom is 0.251 e. The standard InChI is InChI=1S/C16H19BrN2OS2/c1-19(2)13-5-3-4-12(10-13)16(20)18-8-9-21-11-14-6-7-15(17)22-14/h3-7,10H,8-9,11H2,1-2H3,(H,18,20). The van der Waals surface area contributed by atoms with Crippen LogP contribution in [0, 0.1) is 0 Å². The Morgan fingerprint density at radius 3 is 2.82 bits per heavy atom. The molecule has 2 aromatic rings. The third kappa shape index (κ3) is 5.34. The van der Waals surface area contributed by atoms with Crippen molar-refractivity contribution in [3.63, 3.8) is 0 Å². The van der Waals surface area contributed by atoms with Gasteiger partial charge in [0.1, 0.15) is 0 Å². The zero-order valence-electron chi connectivity index (χ0n) is 12.6. The Balaban J connectivity index is 1.72. The van der Waals surface area contributed by atoms with E-state index < -0.39 is 0 Å². The fourth-order valence-corrected chi connectivity index (χ4v) is 4.32. The van der Waals surface area contributed by atoms with Crippen molar-refractivity contribution >= 4 is 50.6 Å². The number of rotatable bonds is 7. The van der Waals surface area contributed by atoms with Crippen LogP contribution in [0.15, 0.2) is 40.2 Å². The van der Waals surface area contributed by atoms with Crippen LogP contribution >= 0.6 is 39.0 Å². The van der Waals surface area contributed by atoms with Crippen LogP contribution in [0.5, 0.6) is 0 Å². The number of carbonyl (C=O) groups is 1. The summed E-state index contributed by atoms with van der Waals surface area (Å²) in [6.07, 6.45) is 0. The molecule has 0 bridgehead atoms. The van der Waals surface area contributed by atoms with E-state index in [-0.39, 0.29) is 5.91 Å². The van der Waals surface area contributed by atoms with E-state index in [2.05, 4.69) is 33.4 Å². The van der Waals surface area contributed by atoms with Crippen molar-refractivity contribution in [1.29, 1.82) is 0 Å². The first kappa shape index (κ1) is 17.4. The largest absolute Gasteiger partial charge is 0.378 e. The molecule has 2 rings (SSSR count). The maximum atomic E-state index is 12.1. The number of amides is 1. The Morgan fingerprint density at radius 1 is 1.32 bits per heavy atom. The van der Waals surface area contributed by atoms with Crippen LogP contribution in [0.25, 0.3) is 0 Å². The van der Waals surface area contributed by atoms with Gasteiger partial charge in [0.2, 0.25) is 0 Å². The van der Waals surface area contributed by atoms with Crippen molar-refractivity contribution in [2.45, 2.75) is 5.75 Å². The molecular weight excluding hydrogens is 380 g/mol. The number of anilines is 1. The minimum absolute atomic E-state index is 0.0110. The predicted molar refractivity (Wildman–Crippen MR) is 101 cm³/mol. The second-order valence-corrected chi connectivity index (χ2v) is 8.61. The molecule has 118 valence electrons. The highest BCUT2D eigenvalue weighted by Gasteiger charge is 2.06. The number of benzene rings is 1. The van der Waals surface area contributed by atoms with Crippen molar-refractivity contribution in [1.82, 2.24) is 5.32 Å². The van der Waals surface area contributed by atoms with Crippen LogP contribution < -0.4 is 10.2 Å². The molecule has 0 aliphatic carbocycles. The highest BCUT2D eigenvalue weighted by molar-refractivity contribution is 9.11. The van der Waals surface area contributed by atoms with E-state index in [1.54, 1.807) is 11.3 Å². The molecule has 1 aromatic carbocycles. The van der Waals surface area contributed by atoms with Gasteiger partial charge in [0.05, 0.1) is 3.79 Å². The lowest BCUT2D eigenvalue weighted by molar-refractivity contribution is 0.0956. The molecule has 0 saturated heterocycles. The number of thiophene rings is 1. The van der Waals surface area contributed by atoms with Gasteiger partial charge in [-0.3, -0.25) is 4.79 Å².